The minimum Gasteiger partial charge on any atom is -0.367 e. The molecular formula is C17H17ClN2O5S. The van der Waals surface area contributed by atoms with Crippen LogP contribution in [0.5, 0.6) is 0 Å². The van der Waals surface area contributed by atoms with Gasteiger partial charge in [0.2, 0.25) is 10.0 Å². The first kappa shape index (κ1) is 18.8. The van der Waals surface area contributed by atoms with Gasteiger partial charge < -0.3 is 15.2 Å². The van der Waals surface area contributed by atoms with Crippen molar-refractivity contribution in [1.82, 2.24) is 4.72 Å². The van der Waals surface area contributed by atoms with Crippen LogP contribution in [0.25, 0.3) is 0 Å². The molecule has 2 atom stereocenters. The Bertz CT molecular complexity index is 884. The number of ether oxygens (including phenoxy) is 1. The van der Waals surface area contributed by atoms with E-state index in [2.05, 4.69) is 10.0 Å². The van der Waals surface area contributed by atoms with Gasteiger partial charge in [-0.2, -0.15) is 0 Å². The van der Waals surface area contributed by atoms with Crippen molar-refractivity contribution in [2.45, 2.75) is 23.6 Å². The highest BCUT2D eigenvalue weighted by Crippen LogP contribution is 2.18. The van der Waals surface area contributed by atoms with Crippen molar-refractivity contribution in [3.63, 3.8) is 0 Å². The Labute approximate surface area is 156 Å². The summed E-state index contributed by atoms with van der Waals surface area (Å²) in [6.45, 7) is 0.296. The van der Waals surface area contributed by atoms with Crippen LogP contribution in [0.4, 0.5) is 5.69 Å². The average molecular weight is 397 g/mol. The van der Waals surface area contributed by atoms with E-state index < -0.39 is 22.4 Å². The summed E-state index contributed by atoms with van der Waals surface area (Å²) in [4.78, 5) is 12.2. The van der Waals surface area contributed by atoms with Crippen molar-refractivity contribution < 1.29 is 23.1 Å². The summed E-state index contributed by atoms with van der Waals surface area (Å²) in [5, 5.41) is 12.8. The quantitative estimate of drug-likeness (QED) is 0.716. The van der Waals surface area contributed by atoms with Crippen LogP contribution in [0, 0.1) is 0 Å². The van der Waals surface area contributed by atoms with Gasteiger partial charge in [0.25, 0.3) is 5.91 Å². The highest BCUT2D eigenvalue weighted by Gasteiger charge is 2.30. The van der Waals surface area contributed by atoms with E-state index in [9.17, 15) is 18.3 Å². The number of rotatable bonds is 5. The molecule has 2 aromatic rings. The van der Waals surface area contributed by atoms with E-state index in [-0.39, 0.29) is 10.8 Å². The van der Waals surface area contributed by atoms with Gasteiger partial charge in [-0.25, -0.2) is 13.1 Å². The van der Waals surface area contributed by atoms with Crippen molar-refractivity contribution in [1.29, 1.82) is 0 Å². The predicted molar refractivity (Wildman–Crippen MR) is 96.5 cm³/mol. The Kier molecular flexibility index (Phi) is 5.59. The van der Waals surface area contributed by atoms with E-state index in [1.54, 1.807) is 24.3 Å². The lowest BCUT2D eigenvalue weighted by Crippen LogP contribution is -2.40. The maximum absolute atomic E-state index is 12.3. The first-order valence-corrected chi connectivity index (χ1v) is 9.70. The van der Waals surface area contributed by atoms with Gasteiger partial charge >= 0.3 is 0 Å². The molecule has 1 aliphatic rings. The van der Waals surface area contributed by atoms with Crippen LogP contribution in [0.1, 0.15) is 16.8 Å². The molecule has 1 heterocycles. The standard InChI is InChI=1S/C17H17ClN2O5S/c18-12-3-1-11(2-4-12)16(21)19-13-5-7-14(8-6-13)26(23,24)20-15-9-10-25-17(15)22/h1-8,15,17,20,22H,9-10H2,(H,19,21)/t15-,17-/m0/s1. The SMILES string of the molecule is O=C(Nc1ccc(S(=O)(=O)N[C@H]2CCO[C@@H]2O)cc1)c1ccc(Cl)cc1. The van der Waals surface area contributed by atoms with Gasteiger partial charge in [0.05, 0.1) is 17.5 Å². The number of benzene rings is 2. The molecule has 7 nitrogen and oxygen atoms in total. The van der Waals surface area contributed by atoms with Gasteiger partial charge in [-0.05, 0) is 55.0 Å². The molecule has 1 saturated heterocycles. The van der Waals surface area contributed by atoms with Crippen molar-refractivity contribution in [3.05, 3.63) is 59.1 Å². The highest BCUT2D eigenvalue weighted by molar-refractivity contribution is 7.89. The number of halogens is 1. The van der Waals surface area contributed by atoms with E-state index >= 15 is 0 Å². The molecule has 0 saturated carbocycles. The second-order valence-corrected chi connectivity index (χ2v) is 7.91. The number of sulfonamides is 1. The molecule has 1 amide bonds. The number of hydrogen-bond donors (Lipinski definition) is 3. The van der Waals surface area contributed by atoms with Gasteiger partial charge in [0.15, 0.2) is 6.29 Å². The minimum absolute atomic E-state index is 0.0288. The fourth-order valence-corrected chi connectivity index (χ4v) is 3.87. The third-order valence-corrected chi connectivity index (χ3v) is 5.65. The molecule has 0 aromatic heterocycles. The first-order chi connectivity index (χ1) is 12.3. The number of aliphatic hydroxyl groups excluding tert-OH is 1. The molecule has 9 heteroatoms. The Morgan fingerprint density at radius 1 is 1.12 bits per heavy atom. The monoisotopic (exact) mass is 396 g/mol. The fourth-order valence-electron chi connectivity index (χ4n) is 2.48. The maximum atomic E-state index is 12.3. The maximum Gasteiger partial charge on any atom is 0.255 e. The Morgan fingerprint density at radius 3 is 2.35 bits per heavy atom. The Morgan fingerprint density at radius 2 is 1.77 bits per heavy atom. The molecule has 3 rings (SSSR count). The lowest BCUT2D eigenvalue weighted by molar-refractivity contribution is -0.0686. The Hall–Kier alpha value is -1.97. The van der Waals surface area contributed by atoms with Crippen molar-refractivity contribution in [2.75, 3.05) is 11.9 Å². The molecule has 0 spiro atoms. The van der Waals surface area contributed by atoms with E-state index in [0.717, 1.165) is 0 Å². The molecule has 1 fully saturated rings. The number of aliphatic hydroxyl groups is 1. The second-order valence-electron chi connectivity index (χ2n) is 5.76. The van der Waals surface area contributed by atoms with Crippen LogP contribution in [0.3, 0.4) is 0 Å². The molecule has 0 radical (unpaired) electrons. The van der Waals surface area contributed by atoms with Crippen molar-refractivity contribution >= 4 is 33.2 Å². The minimum atomic E-state index is -3.80. The van der Waals surface area contributed by atoms with E-state index in [0.29, 0.717) is 29.3 Å². The number of carbonyl (C=O) groups excluding carboxylic acids is 1. The largest absolute Gasteiger partial charge is 0.367 e. The summed E-state index contributed by atoms with van der Waals surface area (Å²) < 4.78 is 32.0. The number of nitrogens with one attached hydrogen (secondary N) is 2. The summed E-state index contributed by atoms with van der Waals surface area (Å²) >= 11 is 5.79. The van der Waals surface area contributed by atoms with Crippen LogP contribution in [0.15, 0.2) is 53.4 Å². The van der Waals surface area contributed by atoms with Crippen molar-refractivity contribution in [3.8, 4) is 0 Å². The molecule has 3 N–H and O–H groups in total. The highest BCUT2D eigenvalue weighted by atomic mass is 35.5. The van der Waals surface area contributed by atoms with Crippen LogP contribution in [-0.2, 0) is 14.8 Å². The molecule has 0 aliphatic carbocycles. The summed E-state index contributed by atoms with van der Waals surface area (Å²) in [5.74, 6) is -0.332. The smallest absolute Gasteiger partial charge is 0.255 e. The van der Waals surface area contributed by atoms with Crippen LogP contribution >= 0.6 is 11.6 Å². The molecular weight excluding hydrogens is 380 g/mol. The molecule has 0 unspecified atom stereocenters. The second kappa shape index (κ2) is 7.73. The predicted octanol–water partition coefficient (Wildman–Crippen LogP) is 1.98. The van der Waals surface area contributed by atoms with Gasteiger partial charge in [-0.15, -0.1) is 0 Å². The topological polar surface area (TPSA) is 105 Å². The van der Waals surface area contributed by atoms with Crippen LogP contribution in [0.2, 0.25) is 5.02 Å². The molecule has 1 aliphatic heterocycles. The molecule has 138 valence electrons. The lowest BCUT2D eigenvalue weighted by Gasteiger charge is -2.15. The van der Waals surface area contributed by atoms with Gasteiger partial charge in [-0.3, -0.25) is 4.79 Å². The normalized spacial score (nSPS) is 20.1. The van der Waals surface area contributed by atoms with Crippen LogP contribution in [-0.4, -0.2) is 38.4 Å². The number of anilines is 1. The third kappa shape index (κ3) is 4.40. The van der Waals surface area contributed by atoms with E-state index in [1.807, 2.05) is 0 Å². The van der Waals surface area contributed by atoms with E-state index in [4.69, 9.17) is 16.3 Å². The average Bonchev–Trinajstić information content (AvgIpc) is 3.00. The zero-order valence-electron chi connectivity index (χ0n) is 13.6. The first-order valence-electron chi connectivity index (χ1n) is 7.84. The van der Waals surface area contributed by atoms with Gasteiger partial charge in [0, 0.05) is 16.3 Å². The summed E-state index contributed by atoms with van der Waals surface area (Å²) in [6, 6.07) is 11.5. The number of carbonyl (C=O) groups is 1. The van der Waals surface area contributed by atoms with Gasteiger partial charge in [0.1, 0.15) is 0 Å². The molecule has 26 heavy (non-hydrogen) atoms. The molecule has 0 bridgehead atoms. The fraction of sp³-hybridized carbons (Fsp3) is 0.235. The summed E-state index contributed by atoms with van der Waals surface area (Å²) in [7, 11) is -3.80. The van der Waals surface area contributed by atoms with Crippen molar-refractivity contribution in [2.24, 2.45) is 0 Å². The summed E-state index contributed by atoms with van der Waals surface area (Å²) in [6.07, 6.45) is -0.752. The molecule has 2 aromatic carbocycles. The zero-order valence-corrected chi connectivity index (χ0v) is 15.1. The van der Waals surface area contributed by atoms with Gasteiger partial charge in [-0.1, -0.05) is 11.6 Å². The zero-order chi connectivity index (χ0) is 18.7. The number of amides is 1. The third-order valence-electron chi connectivity index (χ3n) is 3.90. The Balaban J connectivity index is 1.67. The summed E-state index contributed by atoms with van der Waals surface area (Å²) in [5.41, 5.74) is 0.885. The lowest BCUT2D eigenvalue weighted by atomic mass is 10.2. The number of hydrogen-bond acceptors (Lipinski definition) is 5. The van der Waals surface area contributed by atoms with E-state index in [1.165, 1.54) is 24.3 Å². The van der Waals surface area contributed by atoms with Crippen LogP contribution < -0.4 is 10.0 Å².